The molecule has 1 aliphatic heterocycles. The van der Waals surface area contributed by atoms with Crippen molar-refractivity contribution < 1.29 is 0 Å². The lowest BCUT2D eigenvalue weighted by atomic mass is 9.97. The van der Waals surface area contributed by atoms with Gasteiger partial charge >= 0.3 is 0 Å². The highest BCUT2D eigenvalue weighted by molar-refractivity contribution is 5.09. The Balaban J connectivity index is 2.03. The summed E-state index contributed by atoms with van der Waals surface area (Å²) >= 11 is 0. The molecular formula is C16H27N3. The van der Waals surface area contributed by atoms with Crippen molar-refractivity contribution in [2.75, 3.05) is 13.1 Å². The van der Waals surface area contributed by atoms with Gasteiger partial charge in [0.1, 0.15) is 0 Å². The average Bonchev–Trinajstić information content (AvgIpc) is 2.42. The van der Waals surface area contributed by atoms with Crippen LogP contribution in [0.2, 0.25) is 0 Å². The number of aromatic nitrogens is 1. The Kier molecular flexibility index (Phi) is 5.34. The average molecular weight is 261 g/mol. The van der Waals surface area contributed by atoms with Gasteiger partial charge in [0.05, 0.1) is 0 Å². The van der Waals surface area contributed by atoms with Crippen LogP contribution in [0.5, 0.6) is 0 Å². The summed E-state index contributed by atoms with van der Waals surface area (Å²) in [5.74, 6) is 0.693. The van der Waals surface area contributed by atoms with Crippen molar-refractivity contribution in [1.82, 2.24) is 15.2 Å². The summed E-state index contributed by atoms with van der Waals surface area (Å²) in [6.07, 6.45) is 6.37. The Bertz CT molecular complexity index is 364. The first-order valence-corrected chi connectivity index (χ1v) is 7.57. The van der Waals surface area contributed by atoms with E-state index in [2.05, 4.69) is 42.0 Å². The Morgan fingerprint density at radius 3 is 2.95 bits per heavy atom. The van der Waals surface area contributed by atoms with E-state index in [1.807, 2.05) is 18.5 Å². The van der Waals surface area contributed by atoms with E-state index < -0.39 is 0 Å². The van der Waals surface area contributed by atoms with E-state index in [9.17, 15) is 0 Å². The molecule has 106 valence electrons. The molecule has 2 unspecified atom stereocenters. The van der Waals surface area contributed by atoms with E-state index in [-0.39, 0.29) is 0 Å². The van der Waals surface area contributed by atoms with Crippen LogP contribution >= 0.6 is 0 Å². The summed E-state index contributed by atoms with van der Waals surface area (Å²) in [5, 5.41) is 3.71. The zero-order valence-corrected chi connectivity index (χ0v) is 12.5. The molecule has 0 amide bonds. The highest BCUT2D eigenvalue weighted by Gasteiger charge is 2.28. The highest BCUT2D eigenvalue weighted by atomic mass is 15.2. The largest absolute Gasteiger partial charge is 0.311 e. The van der Waals surface area contributed by atoms with Crippen molar-refractivity contribution in [1.29, 1.82) is 0 Å². The first-order valence-electron chi connectivity index (χ1n) is 7.57. The van der Waals surface area contributed by atoms with Crippen molar-refractivity contribution >= 4 is 0 Å². The van der Waals surface area contributed by atoms with Gasteiger partial charge in [-0.3, -0.25) is 9.88 Å². The molecule has 1 fully saturated rings. The number of hydrogen-bond donors (Lipinski definition) is 1. The van der Waals surface area contributed by atoms with E-state index in [0.717, 1.165) is 19.6 Å². The van der Waals surface area contributed by atoms with Gasteiger partial charge in [-0.05, 0) is 24.0 Å². The van der Waals surface area contributed by atoms with Crippen molar-refractivity contribution in [2.24, 2.45) is 5.92 Å². The minimum absolute atomic E-state index is 0.616. The van der Waals surface area contributed by atoms with Crippen LogP contribution in [0.15, 0.2) is 24.5 Å². The van der Waals surface area contributed by atoms with E-state index in [1.54, 1.807) is 0 Å². The Labute approximate surface area is 117 Å². The molecule has 2 atom stereocenters. The lowest BCUT2D eigenvalue weighted by molar-refractivity contribution is 0.0996. The van der Waals surface area contributed by atoms with Crippen molar-refractivity contribution in [3.63, 3.8) is 0 Å². The van der Waals surface area contributed by atoms with E-state index in [1.165, 1.54) is 18.4 Å². The molecule has 2 heterocycles. The lowest BCUT2D eigenvalue weighted by Crippen LogP contribution is -2.57. The van der Waals surface area contributed by atoms with Gasteiger partial charge in [0.25, 0.3) is 0 Å². The maximum atomic E-state index is 4.23. The topological polar surface area (TPSA) is 28.2 Å². The number of piperazine rings is 1. The van der Waals surface area contributed by atoms with Crippen LogP contribution in [-0.2, 0) is 6.54 Å². The maximum Gasteiger partial charge on any atom is 0.0312 e. The first kappa shape index (κ1) is 14.5. The number of nitrogens with zero attached hydrogens (tertiary/aromatic N) is 2. The van der Waals surface area contributed by atoms with Gasteiger partial charge in [-0.2, -0.15) is 0 Å². The highest BCUT2D eigenvalue weighted by Crippen LogP contribution is 2.18. The molecule has 0 aliphatic carbocycles. The lowest BCUT2D eigenvalue weighted by Gasteiger charge is -2.42. The molecular weight excluding hydrogens is 234 g/mol. The molecule has 19 heavy (non-hydrogen) atoms. The normalized spacial score (nSPS) is 24.8. The third-order valence-electron chi connectivity index (χ3n) is 4.10. The standard InChI is InChI=1S/C16H27N3/c1-4-6-15-10-18-16(13(2)3)12-19(15)11-14-7-5-8-17-9-14/h5,7-9,13,15-16,18H,4,6,10-12H2,1-3H3. The summed E-state index contributed by atoms with van der Waals surface area (Å²) in [6.45, 7) is 10.2. The zero-order chi connectivity index (χ0) is 13.7. The third-order valence-corrected chi connectivity index (χ3v) is 4.10. The second kappa shape index (κ2) is 7.01. The predicted molar refractivity (Wildman–Crippen MR) is 80.0 cm³/mol. The smallest absolute Gasteiger partial charge is 0.0312 e. The Morgan fingerprint density at radius 2 is 2.32 bits per heavy atom. The van der Waals surface area contributed by atoms with Gasteiger partial charge in [-0.25, -0.2) is 0 Å². The number of hydrogen-bond acceptors (Lipinski definition) is 3. The molecule has 1 aliphatic rings. The SMILES string of the molecule is CCCC1CNC(C(C)C)CN1Cc1cccnc1. The second-order valence-electron chi connectivity index (χ2n) is 5.99. The minimum Gasteiger partial charge on any atom is -0.311 e. The van der Waals surface area contributed by atoms with Gasteiger partial charge in [0, 0.05) is 44.1 Å². The van der Waals surface area contributed by atoms with Crippen LogP contribution in [0.25, 0.3) is 0 Å². The molecule has 2 rings (SSSR count). The molecule has 0 aromatic carbocycles. The summed E-state index contributed by atoms with van der Waals surface area (Å²) < 4.78 is 0. The van der Waals surface area contributed by atoms with Crippen LogP contribution in [-0.4, -0.2) is 35.1 Å². The van der Waals surface area contributed by atoms with Crippen LogP contribution in [0.1, 0.15) is 39.2 Å². The van der Waals surface area contributed by atoms with Crippen molar-refractivity contribution in [3.05, 3.63) is 30.1 Å². The number of rotatable bonds is 5. The molecule has 0 bridgehead atoms. The van der Waals surface area contributed by atoms with Crippen molar-refractivity contribution in [2.45, 2.75) is 52.2 Å². The summed E-state index contributed by atoms with van der Waals surface area (Å²) in [6, 6.07) is 5.50. The molecule has 0 radical (unpaired) electrons. The van der Waals surface area contributed by atoms with Crippen LogP contribution in [0.4, 0.5) is 0 Å². The maximum absolute atomic E-state index is 4.23. The van der Waals surface area contributed by atoms with Gasteiger partial charge in [0.2, 0.25) is 0 Å². The molecule has 0 spiro atoms. The van der Waals surface area contributed by atoms with Gasteiger partial charge < -0.3 is 5.32 Å². The van der Waals surface area contributed by atoms with E-state index in [0.29, 0.717) is 18.0 Å². The summed E-state index contributed by atoms with van der Waals surface area (Å²) in [7, 11) is 0. The van der Waals surface area contributed by atoms with E-state index in [4.69, 9.17) is 0 Å². The molecule has 1 aromatic rings. The van der Waals surface area contributed by atoms with E-state index >= 15 is 0 Å². The van der Waals surface area contributed by atoms with Gasteiger partial charge in [-0.1, -0.05) is 33.3 Å². The van der Waals surface area contributed by atoms with Crippen LogP contribution in [0, 0.1) is 5.92 Å². The Morgan fingerprint density at radius 1 is 1.47 bits per heavy atom. The first-order chi connectivity index (χ1) is 9.20. The van der Waals surface area contributed by atoms with Crippen LogP contribution < -0.4 is 5.32 Å². The predicted octanol–water partition coefficient (Wildman–Crippen LogP) is 2.68. The number of nitrogens with one attached hydrogen (secondary N) is 1. The fraction of sp³-hybridized carbons (Fsp3) is 0.688. The quantitative estimate of drug-likeness (QED) is 0.883. The van der Waals surface area contributed by atoms with Crippen LogP contribution in [0.3, 0.4) is 0 Å². The Hall–Kier alpha value is -0.930. The number of pyridine rings is 1. The summed E-state index contributed by atoms with van der Waals surface area (Å²) in [4.78, 5) is 6.87. The zero-order valence-electron chi connectivity index (χ0n) is 12.5. The molecule has 3 heteroatoms. The summed E-state index contributed by atoms with van der Waals surface area (Å²) in [5.41, 5.74) is 1.33. The van der Waals surface area contributed by atoms with Crippen molar-refractivity contribution in [3.8, 4) is 0 Å². The monoisotopic (exact) mass is 261 g/mol. The molecule has 3 nitrogen and oxygen atoms in total. The minimum atomic E-state index is 0.616. The molecule has 0 saturated carbocycles. The fourth-order valence-corrected chi connectivity index (χ4v) is 2.87. The molecule has 1 saturated heterocycles. The van der Waals surface area contributed by atoms with Gasteiger partial charge in [-0.15, -0.1) is 0 Å². The fourth-order valence-electron chi connectivity index (χ4n) is 2.87. The molecule has 1 N–H and O–H groups in total. The molecule has 1 aromatic heterocycles. The second-order valence-corrected chi connectivity index (χ2v) is 5.99. The van der Waals surface area contributed by atoms with Gasteiger partial charge in [0.15, 0.2) is 0 Å². The third kappa shape index (κ3) is 4.02.